The quantitative estimate of drug-likeness (QED) is 0.121. The number of para-hydroxylation sites is 1. The van der Waals surface area contributed by atoms with Gasteiger partial charge in [0.25, 0.3) is 0 Å². The molecule has 27 rings (SSSR count). The largest absolute Gasteiger partial charge is 0.244 e. The summed E-state index contributed by atoms with van der Waals surface area (Å²) in [5.74, 6) is 0.741. The normalized spacial score (nSPS) is 11.6. The zero-order chi connectivity index (χ0) is 89.2. The summed E-state index contributed by atoms with van der Waals surface area (Å²) in [4.78, 5) is 31.4. The van der Waals surface area contributed by atoms with Crippen LogP contribution < -0.4 is 0 Å². The molecule has 0 spiro atoms. The molecule has 0 aliphatic carbocycles. The first kappa shape index (κ1) is 80.2. The predicted molar refractivity (Wildman–Crippen MR) is 575 cm³/mol. The molecule has 0 N–H and O–H groups in total. The summed E-state index contributed by atoms with van der Waals surface area (Å²) in [6.07, 6.45) is 0. The van der Waals surface area contributed by atoms with Crippen molar-refractivity contribution in [1.29, 1.82) is 0 Å². The van der Waals surface area contributed by atoms with Gasteiger partial charge in [0, 0.05) is 105 Å². The van der Waals surface area contributed by atoms with Gasteiger partial charge in [0.1, 0.15) is 0 Å². The minimum Gasteiger partial charge on any atom is -0.244 e. The molecule has 0 fully saturated rings. The lowest BCUT2D eigenvalue weighted by molar-refractivity contribution is 1.23. The highest BCUT2D eigenvalue weighted by atomic mass is 32.1. The summed E-state index contributed by atoms with van der Waals surface area (Å²) in [5.41, 5.74) is 29.6. The molecular weight excluding hydrogens is 1690 g/mol. The van der Waals surface area contributed by atoms with E-state index in [1.54, 1.807) is 0 Å². The van der Waals surface area contributed by atoms with Crippen LogP contribution in [0.25, 0.3) is 260 Å². The third-order valence-electron chi connectivity index (χ3n) is 26.0. The molecule has 6 aromatic heterocycles. The van der Waals surface area contributed by atoms with Gasteiger partial charge in [0.05, 0.1) is 56.1 Å². The van der Waals surface area contributed by atoms with E-state index in [2.05, 4.69) is 455 Å². The molecule has 0 saturated carbocycles. The Labute approximate surface area is 791 Å². The van der Waals surface area contributed by atoms with E-state index in [1.165, 1.54) is 126 Å². The molecule has 27 aromatic rings. The van der Waals surface area contributed by atoms with Crippen molar-refractivity contribution >= 4 is 160 Å². The number of benzene rings is 21. The maximum Gasteiger partial charge on any atom is 0.161 e. The number of thiophene rings is 3. The van der Waals surface area contributed by atoms with E-state index in [-0.39, 0.29) is 0 Å². The highest BCUT2D eigenvalue weighted by Gasteiger charge is 2.23. The monoisotopic (exact) mass is 1770 g/mol. The smallest absolute Gasteiger partial charge is 0.161 e. The second-order valence-corrected chi connectivity index (χ2v) is 37.4. The van der Waals surface area contributed by atoms with Gasteiger partial charge in [-0.2, -0.15) is 0 Å². The SMILES string of the molecule is c1ccc(-c2nc(-c3cccc4ccccc34)nc3ccc(-c4ccc(-c5cccc6sc7ccccc7c56)cc4)cc23)cc1.c1ccc(-c2nc3c(-c4ccc(-c5cccc6sc7ccccc7c56)cc4)cccc3nc2-c2ccc3ccccc3c2)cc1.c1ccc(-c2nc3cc(-c4ccc(-c5cccc6sc7ccccc7c56)cc4)ccc3nc2-c2ccc3ccccc3c2)cc1. The van der Waals surface area contributed by atoms with Crippen LogP contribution in [-0.2, 0) is 0 Å². The lowest BCUT2D eigenvalue weighted by atomic mass is 9.96. The van der Waals surface area contributed by atoms with Crippen molar-refractivity contribution in [3.05, 3.63) is 473 Å². The molecule has 0 aliphatic rings. The fourth-order valence-electron chi connectivity index (χ4n) is 19.4. The van der Waals surface area contributed by atoms with Crippen molar-refractivity contribution in [3.8, 4) is 134 Å². The van der Waals surface area contributed by atoms with Crippen LogP contribution in [0.2, 0.25) is 0 Å². The number of hydrogen-bond donors (Lipinski definition) is 0. The summed E-state index contributed by atoms with van der Waals surface area (Å²) in [6, 6.07) is 168. The van der Waals surface area contributed by atoms with Gasteiger partial charge in [-0.3, -0.25) is 0 Å². The van der Waals surface area contributed by atoms with Crippen LogP contribution in [0.1, 0.15) is 0 Å². The van der Waals surface area contributed by atoms with E-state index in [1.807, 2.05) is 52.2 Å². The Bertz CT molecular complexity index is 9290. The molecule has 9 heteroatoms. The summed E-state index contributed by atoms with van der Waals surface area (Å²) in [6.45, 7) is 0. The van der Waals surface area contributed by atoms with Crippen molar-refractivity contribution in [3.63, 3.8) is 0 Å². The number of fused-ring (bicyclic) bond motifs is 15. The molecule has 0 saturated heterocycles. The molecule has 630 valence electrons. The summed E-state index contributed by atoms with van der Waals surface area (Å²) < 4.78 is 7.94. The zero-order valence-corrected chi connectivity index (χ0v) is 75.4. The number of hydrogen-bond acceptors (Lipinski definition) is 9. The number of rotatable bonds is 12. The Balaban J connectivity index is 0.000000108. The lowest BCUT2D eigenvalue weighted by Crippen LogP contribution is -1.97. The molecule has 135 heavy (non-hydrogen) atoms. The molecule has 0 radical (unpaired) electrons. The van der Waals surface area contributed by atoms with Crippen LogP contribution in [0.15, 0.2) is 473 Å². The third kappa shape index (κ3) is 15.0. The van der Waals surface area contributed by atoms with Crippen LogP contribution in [0.3, 0.4) is 0 Å². The first-order valence-corrected chi connectivity index (χ1v) is 47.9. The van der Waals surface area contributed by atoms with Crippen LogP contribution in [0.5, 0.6) is 0 Å². The van der Waals surface area contributed by atoms with Crippen molar-refractivity contribution in [2.75, 3.05) is 0 Å². The maximum atomic E-state index is 5.37. The molecular formula is C126H78N6S3. The van der Waals surface area contributed by atoms with Gasteiger partial charge >= 0.3 is 0 Å². The van der Waals surface area contributed by atoms with Crippen LogP contribution in [0, 0.1) is 0 Å². The van der Waals surface area contributed by atoms with Crippen LogP contribution >= 0.6 is 34.0 Å². The predicted octanol–water partition coefficient (Wildman–Crippen LogP) is 35.5. The van der Waals surface area contributed by atoms with Crippen molar-refractivity contribution in [2.24, 2.45) is 0 Å². The van der Waals surface area contributed by atoms with Gasteiger partial charge < -0.3 is 0 Å². The van der Waals surface area contributed by atoms with Crippen molar-refractivity contribution in [1.82, 2.24) is 29.9 Å². The Morgan fingerprint density at radius 2 is 0.474 bits per heavy atom. The van der Waals surface area contributed by atoms with E-state index < -0.39 is 0 Å². The Morgan fingerprint density at radius 1 is 0.141 bits per heavy atom. The molecule has 0 atom stereocenters. The minimum absolute atomic E-state index is 0.741. The molecule has 6 heterocycles. The van der Waals surface area contributed by atoms with Gasteiger partial charge in [0.15, 0.2) is 5.82 Å². The second kappa shape index (κ2) is 34.4. The molecule has 0 bridgehead atoms. The summed E-state index contributed by atoms with van der Waals surface area (Å²) in [7, 11) is 0. The minimum atomic E-state index is 0.741. The third-order valence-corrected chi connectivity index (χ3v) is 29.5. The maximum absolute atomic E-state index is 5.37. The van der Waals surface area contributed by atoms with Gasteiger partial charge in [-0.05, 0) is 172 Å². The van der Waals surface area contributed by atoms with E-state index in [9.17, 15) is 0 Å². The van der Waals surface area contributed by atoms with E-state index in [0.717, 1.165) is 134 Å². The molecule has 0 aliphatic heterocycles. The second-order valence-electron chi connectivity index (χ2n) is 34.2. The van der Waals surface area contributed by atoms with E-state index in [4.69, 9.17) is 29.9 Å². The van der Waals surface area contributed by atoms with Crippen LogP contribution in [0.4, 0.5) is 0 Å². The van der Waals surface area contributed by atoms with Crippen LogP contribution in [-0.4, -0.2) is 29.9 Å². The first-order valence-electron chi connectivity index (χ1n) is 45.5. The average Bonchev–Trinajstić information content (AvgIpc) is 1.51. The summed E-state index contributed by atoms with van der Waals surface area (Å²) in [5, 5.41) is 16.2. The highest BCUT2D eigenvalue weighted by molar-refractivity contribution is 7.26. The molecule has 21 aromatic carbocycles. The zero-order valence-electron chi connectivity index (χ0n) is 72.9. The van der Waals surface area contributed by atoms with Crippen molar-refractivity contribution < 1.29 is 0 Å². The van der Waals surface area contributed by atoms with E-state index >= 15 is 0 Å². The van der Waals surface area contributed by atoms with Gasteiger partial charge in [-0.15, -0.1) is 34.0 Å². The van der Waals surface area contributed by atoms with Gasteiger partial charge in [0.2, 0.25) is 0 Å². The Morgan fingerprint density at radius 3 is 0.978 bits per heavy atom. The van der Waals surface area contributed by atoms with Gasteiger partial charge in [-0.1, -0.05) is 394 Å². The van der Waals surface area contributed by atoms with E-state index in [0.29, 0.717) is 0 Å². The molecule has 0 amide bonds. The highest BCUT2D eigenvalue weighted by Crippen LogP contribution is 2.47. The summed E-state index contributed by atoms with van der Waals surface area (Å²) >= 11 is 5.57. The standard InChI is InChI=1S/3C42H26N2S/c1-2-11-30(12-3-1)41-36-26-31(24-25-37(36)43-42(44-41)34-17-8-13-28-10-4-5-14-32(28)34)27-20-22-29(23-21-27)33-16-9-19-39-40(33)35-15-6-7-18-38(35)45-39;1-2-11-30(12-3-1)40-41(32-25-20-27-10-4-5-13-31(27)26-32)43-36-17-8-16-34(42(36)44-40)29-23-21-28(22-24-29)33-15-9-19-38-39(33)35-14-6-7-18-37(35)45-38;1-2-10-30(11-3-1)41-42(33-22-19-27-9-4-5-12-31(27)25-33)43-36-24-23-32(26-37(36)44-41)28-17-20-29(21-18-28)34-14-8-16-39-40(34)35-13-6-7-15-38(35)45-39/h3*1-26H. The fourth-order valence-corrected chi connectivity index (χ4v) is 22.8. The number of aromatic nitrogens is 6. The lowest BCUT2D eigenvalue weighted by Gasteiger charge is -2.14. The topological polar surface area (TPSA) is 77.3 Å². The first-order chi connectivity index (χ1) is 66.9. The van der Waals surface area contributed by atoms with Gasteiger partial charge in [-0.25, -0.2) is 29.9 Å². The fraction of sp³-hybridized carbons (Fsp3) is 0. The average molecular weight is 1770 g/mol. The molecule has 6 nitrogen and oxygen atoms in total. The Kier molecular flexibility index (Phi) is 20.4. The van der Waals surface area contributed by atoms with Crippen molar-refractivity contribution in [2.45, 2.75) is 0 Å². The number of nitrogens with zero attached hydrogens (tertiary/aromatic N) is 6. The Hall–Kier alpha value is -16.9. The molecule has 0 unspecified atom stereocenters.